The molecule has 0 aliphatic heterocycles. The zero-order valence-electron chi connectivity index (χ0n) is 14.1. The highest BCUT2D eigenvalue weighted by Crippen LogP contribution is 2.11. The highest BCUT2D eigenvalue weighted by Gasteiger charge is 2.08. The molecule has 0 aliphatic carbocycles. The van der Waals surface area contributed by atoms with E-state index >= 15 is 0 Å². The average molecular weight is 448 g/mol. The molecule has 23 heavy (non-hydrogen) atoms. The van der Waals surface area contributed by atoms with Gasteiger partial charge in [-0.05, 0) is 13.8 Å². The number of nitrogens with zero attached hydrogens (tertiary/aromatic N) is 5. The molecular formula is C15H25IN6S. The van der Waals surface area contributed by atoms with Crippen molar-refractivity contribution in [3.8, 4) is 0 Å². The Kier molecular flexibility index (Phi) is 8.53. The maximum Gasteiger partial charge on any atom is 0.193 e. The van der Waals surface area contributed by atoms with Crippen LogP contribution in [0.3, 0.4) is 0 Å². The molecule has 0 unspecified atom stereocenters. The Labute approximate surface area is 159 Å². The van der Waals surface area contributed by atoms with Crippen molar-refractivity contribution in [2.24, 2.45) is 12.0 Å². The number of aryl methyl sites for hydroxylation is 2. The van der Waals surface area contributed by atoms with Gasteiger partial charge in [0, 0.05) is 63.0 Å². The number of guanidine groups is 1. The van der Waals surface area contributed by atoms with Crippen LogP contribution >= 0.6 is 35.3 Å². The van der Waals surface area contributed by atoms with Crippen LogP contribution < -0.4 is 5.32 Å². The van der Waals surface area contributed by atoms with Gasteiger partial charge in [-0.15, -0.1) is 35.3 Å². The third kappa shape index (κ3) is 6.46. The van der Waals surface area contributed by atoms with Crippen LogP contribution in [0.15, 0.2) is 23.6 Å². The van der Waals surface area contributed by atoms with Crippen molar-refractivity contribution in [3.05, 3.63) is 34.0 Å². The Hall–Kier alpha value is -1.16. The van der Waals surface area contributed by atoms with E-state index in [-0.39, 0.29) is 24.0 Å². The standard InChI is InChI=1S/C15H24N6S.HI/c1-5-16-15(17-7-6-14-18-8-12(2)22-14)20(3)10-13-9-19-21(4)11-13;/h8-9,11H,5-7,10H2,1-4H3,(H,16,17);1H. The van der Waals surface area contributed by atoms with Crippen LogP contribution in [0.4, 0.5) is 0 Å². The number of thiazole rings is 1. The molecule has 0 fully saturated rings. The molecule has 0 saturated heterocycles. The predicted molar refractivity (Wildman–Crippen MR) is 107 cm³/mol. The van der Waals surface area contributed by atoms with Crippen LogP contribution in [-0.4, -0.2) is 45.8 Å². The smallest absolute Gasteiger partial charge is 0.193 e. The van der Waals surface area contributed by atoms with E-state index in [1.54, 1.807) is 11.3 Å². The van der Waals surface area contributed by atoms with Gasteiger partial charge in [-0.1, -0.05) is 0 Å². The van der Waals surface area contributed by atoms with Gasteiger partial charge < -0.3 is 10.2 Å². The molecule has 0 aliphatic rings. The molecule has 0 amide bonds. The lowest BCUT2D eigenvalue weighted by molar-refractivity contribution is 0.477. The Morgan fingerprint density at radius 1 is 1.43 bits per heavy atom. The van der Waals surface area contributed by atoms with E-state index in [1.807, 2.05) is 37.4 Å². The summed E-state index contributed by atoms with van der Waals surface area (Å²) in [5.74, 6) is 0.916. The van der Waals surface area contributed by atoms with Crippen molar-refractivity contribution in [2.45, 2.75) is 26.8 Å². The summed E-state index contributed by atoms with van der Waals surface area (Å²) in [6.45, 7) is 6.54. The maximum absolute atomic E-state index is 4.69. The van der Waals surface area contributed by atoms with Gasteiger partial charge in [0.05, 0.1) is 11.2 Å². The molecule has 0 spiro atoms. The molecule has 2 aromatic heterocycles. The zero-order valence-corrected chi connectivity index (χ0v) is 17.3. The van der Waals surface area contributed by atoms with Gasteiger partial charge >= 0.3 is 0 Å². The van der Waals surface area contributed by atoms with Crippen molar-refractivity contribution >= 4 is 41.3 Å². The monoisotopic (exact) mass is 448 g/mol. The largest absolute Gasteiger partial charge is 0.357 e. The number of aromatic nitrogens is 3. The normalized spacial score (nSPS) is 11.2. The molecule has 0 atom stereocenters. The molecule has 0 aromatic carbocycles. The number of rotatable bonds is 6. The fraction of sp³-hybridized carbons (Fsp3) is 0.533. The van der Waals surface area contributed by atoms with Crippen LogP contribution in [0.25, 0.3) is 0 Å². The average Bonchev–Trinajstić information content (AvgIpc) is 3.06. The van der Waals surface area contributed by atoms with E-state index in [2.05, 4.69) is 34.1 Å². The highest BCUT2D eigenvalue weighted by atomic mass is 127. The van der Waals surface area contributed by atoms with Gasteiger partial charge in [-0.2, -0.15) is 5.10 Å². The van der Waals surface area contributed by atoms with Gasteiger partial charge in [0.1, 0.15) is 0 Å². The summed E-state index contributed by atoms with van der Waals surface area (Å²) in [7, 11) is 3.97. The molecule has 128 valence electrons. The van der Waals surface area contributed by atoms with Crippen molar-refractivity contribution in [1.29, 1.82) is 0 Å². The summed E-state index contributed by atoms with van der Waals surface area (Å²) in [5, 5.41) is 8.68. The predicted octanol–water partition coefficient (Wildman–Crippen LogP) is 2.44. The van der Waals surface area contributed by atoms with Crippen LogP contribution in [0.5, 0.6) is 0 Å². The molecule has 1 N–H and O–H groups in total. The number of aliphatic imine (C=N–C) groups is 1. The summed E-state index contributed by atoms with van der Waals surface area (Å²) in [5.41, 5.74) is 1.17. The number of halogens is 1. The Bertz CT molecular complexity index is 621. The van der Waals surface area contributed by atoms with Crippen LogP contribution in [0.2, 0.25) is 0 Å². The van der Waals surface area contributed by atoms with E-state index in [4.69, 9.17) is 4.99 Å². The number of nitrogens with one attached hydrogen (secondary N) is 1. The summed E-state index contributed by atoms with van der Waals surface area (Å²) >= 11 is 1.74. The van der Waals surface area contributed by atoms with E-state index < -0.39 is 0 Å². The first kappa shape index (κ1) is 19.9. The van der Waals surface area contributed by atoms with Crippen LogP contribution in [-0.2, 0) is 20.0 Å². The van der Waals surface area contributed by atoms with Crippen molar-refractivity contribution < 1.29 is 0 Å². The second kappa shape index (κ2) is 9.86. The van der Waals surface area contributed by atoms with E-state index in [0.29, 0.717) is 0 Å². The number of hydrogen-bond acceptors (Lipinski definition) is 4. The third-order valence-corrected chi connectivity index (χ3v) is 4.10. The fourth-order valence-corrected chi connectivity index (χ4v) is 2.92. The minimum absolute atomic E-state index is 0. The van der Waals surface area contributed by atoms with Crippen molar-refractivity contribution in [2.75, 3.05) is 20.1 Å². The minimum atomic E-state index is 0. The SMILES string of the molecule is CCNC(=NCCc1ncc(C)s1)N(C)Cc1cnn(C)c1.I. The molecule has 2 rings (SSSR count). The first-order chi connectivity index (χ1) is 10.6. The summed E-state index contributed by atoms with van der Waals surface area (Å²) in [6.07, 6.45) is 6.72. The molecule has 0 saturated carbocycles. The second-order valence-corrected chi connectivity index (χ2v) is 6.55. The molecule has 8 heteroatoms. The molecule has 2 heterocycles. The van der Waals surface area contributed by atoms with Gasteiger partial charge in [-0.25, -0.2) is 4.98 Å². The second-order valence-electron chi connectivity index (χ2n) is 5.23. The van der Waals surface area contributed by atoms with Crippen LogP contribution in [0.1, 0.15) is 22.4 Å². The lowest BCUT2D eigenvalue weighted by atomic mass is 10.3. The lowest BCUT2D eigenvalue weighted by Gasteiger charge is -2.21. The quantitative estimate of drug-likeness (QED) is 0.419. The summed E-state index contributed by atoms with van der Waals surface area (Å²) in [4.78, 5) is 12.4. The Morgan fingerprint density at radius 2 is 2.22 bits per heavy atom. The molecule has 2 aromatic rings. The first-order valence-corrected chi connectivity index (χ1v) is 8.28. The first-order valence-electron chi connectivity index (χ1n) is 7.46. The van der Waals surface area contributed by atoms with Crippen molar-refractivity contribution in [3.63, 3.8) is 0 Å². The van der Waals surface area contributed by atoms with Gasteiger partial charge in [-0.3, -0.25) is 9.67 Å². The molecule has 6 nitrogen and oxygen atoms in total. The van der Waals surface area contributed by atoms with E-state index in [0.717, 1.165) is 37.0 Å². The van der Waals surface area contributed by atoms with Gasteiger partial charge in [0.25, 0.3) is 0 Å². The van der Waals surface area contributed by atoms with Gasteiger partial charge in [0.15, 0.2) is 5.96 Å². The van der Waals surface area contributed by atoms with Gasteiger partial charge in [0.2, 0.25) is 0 Å². The number of hydrogen-bond donors (Lipinski definition) is 1. The maximum atomic E-state index is 4.69. The zero-order chi connectivity index (χ0) is 15.9. The lowest BCUT2D eigenvalue weighted by Crippen LogP contribution is -2.38. The Morgan fingerprint density at radius 3 is 2.78 bits per heavy atom. The summed E-state index contributed by atoms with van der Waals surface area (Å²) < 4.78 is 1.82. The van der Waals surface area contributed by atoms with E-state index in [9.17, 15) is 0 Å². The fourth-order valence-electron chi connectivity index (χ4n) is 2.15. The Balaban J connectivity index is 0.00000264. The third-order valence-electron chi connectivity index (χ3n) is 3.13. The van der Waals surface area contributed by atoms with Crippen LogP contribution in [0, 0.1) is 6.92 Å². The van der Waals surface area contributed by atoms with Crippen molar-refractivity contribution in [1.82, 2.24) is 25.0 Å². The molecule has 0 bridgehead atoms. The summed E-state index contributed by atoms with van der Waals surface area (Å²) in [6, 6.07) is 0. The topological polar surface area (TPSA) is 58.3 Å². The molecular weight excluding hydrogens is 423 g/mol. The molecule has 0 radical (unpaired) electrons. The minimum Gasteiger partial charge on any atom is -0.357 e. The van der Waals surface area contributed by atoms with E-state index in [1.165, 1.54) is 10.4 Å². The highest BCUT2D eigenvalue weighted by molar-refractivity contribution is 14.0.